The van der Waals surface area contributed by atoms with Crippen molar-refractivity contribution >= 4 is 11.6 Å². The predicted molar refractivity (Wildman–Crippen MR) is 58.5 cm³/mol. The van der Waals surface area contributed by atoms with Crippen LogP contribution >= 0.6 is 11.6 Å². The zero-order chi connectivity index (χ0) is 10.4. The maximum absolute atomic E-state index is 5.69. The molecule has 78 valence electrons. The smallest absolute Gasteiger partial charge is 0.222 e. The van der Waals surface area contributed by atoms with E-state index in [0.29, 0.717) is 5.28 Å². The third-order valence-corrected chi connectivity index (χ3v) is 2.44. The van der Waals surface area contributed by atoms with Crippen LogP contribution in [0.2, 0.25) is 5.28 Å². The van der Waals surface area contributed by atoms with Crippen LogP contribution < -0.4 is 0 Å². The van der Waals surface area contributed by atoms with E-state index in [1.54, 1.807) is 6.20 Å². The van der Waals surface area contributed by atoms with Gasteiger partial charge in [0.2, 0.25) is 5.28 Å². The van der Waals surface area contributed by atoms with E-state index in [1.165, 1.54) is 0 Å². The first-order chi connectivity index (χ1) is 6.76. The molecule has 3 nitrogen and oxygen atoms in total. The van der Waals surface area contributed by atoms with Gasteiger partial charge < -0.3 is 4.90 Å². The SMILES string of the molecule is CCN(CC)CCc1ccnc(Cl)n1. The van der Waals surface area contributed by atoms with Gasteiger partial charge in [-0.3, -0.25) is 0 Å². The van der Waals surface area contributed by atoms with E-state index in [9.17, 15) is 0 Å². The number of aromatic nitrogens is 2. The zero-order valence-electron chi connectivity index (χ0n) is 8.70. The van der Waals surface area contributed by atoms with Gasteiger partial charge in [-0.25, -0.2) is 9.97 Å². The molecule has 1 aromatic rings. The summed E-state index contributed by atoms with van der Waals surface area (Å²) in [5.41, 5.74) is 1.01. The van der Waals surface area contributed by atoms with Crippen LogP contribution in [-0.4, -0.2) is 34.5 Å². The average Bonchev–Trinajstić information content (AvgIpc) is 2.19. The summed E-state index contributed by atoms with van der Waals surface area (Å²) < 4.78 is 0. The van der Waals surface area contributed by atoms with Crippen LogP contribution in [0.25, 0.3) is 0 Å². The van der Waals surface area contributed by atoms with Gasteiger partial charge in [-0.2, -0.15) is 0 Å². The Kier molecular flexibility index (Phi) is 4.84. The third-order valence-electron chi connectivity index (χ3n) is 2.26. The molecule has 14 heavy (non-hydrogen) atoms. The molecule has 1 rings (SSSR count). The summed E-state index contributed by atoms with van der Waals surface area (Å²) in [5.74, 6) is 0. The molecule has 0 saturated heterocycles. The van der Waals surface area contributed by atoms with Gasteiger partial charge in [0.1, 0.15) is 0 Å². The zero-order valence-corrected chi connectivity index (χ0v) is 9.46. The summed E-state index contributed by atoms with van der Waals surface area (Å²) in [6, 6.07) is 1.91. The lowest BCUT2D eigenvalue weighted by Crippen LogP contribution is -2.25. The van der Waals surface area contributed by atoms with Crippen molar-refractivity contribution < 1.29 is 0 Å². The Morgan fingerprint density at radius 3 is 2.64 bits per heavy atom. The molecule has 0 fully saturated rings. The standard InChI is InChI=1S/C10H16ClN3/c1-3-14(4-2)8-6-9-5-7-12-10(11)13-9/h5,7H,3-4,6,8H2,1-2H3. The van der Waals surface area contributed by atoms with E-state index >= 15 is 0 Å². The van der Waals surface area contributed by atoms with Crippen LogP contribution in [-0.2, 0) is 6.42 Å². The monoisotopic (exact) mass is 213 g/mol. The van der Waals surface area contributed by atoms with Crippen molar-refractivity contribution in [2.75, 3.05) is 19.6 Å². The Hall–Kier alpha value is -0.670. The van der Waals surface area contributed by atoms with E-state index in [1.807, 2.05) is 6.07 Å². The molecule has 0 amide bonds. The molecule has 0 aromatic carbocycles. The molecule has 0 saturated carbocycles. The molecule has 0 spiro atoms. The van der Waals surface area contributed by atoms with Crippen molar-refractivity contribution in [3.63, 3.8) is 0 Å². The first-order valence-corrected chi connectivity index (χ1v) is 5.33. The lowest BCUT2D eigenvalue weighted by Gasteiger charge is -2.17. The number of hydrogen-bond acceptors (Lipinski definition) is 3. The highest BCUT2D eigenvalue weighted by molar-refractivity contribution is 6.28. The van der Waals surface area contributed by atoms with Crippen LogP contribution in [0.5, 0.6) is 0 Å². The lowest BCUT2D eigenvalue weighted by molar-refractivity contribution is 0.307. The Balaban J connectivity index is 2.44. The fourth-order valence-corrected chi connectivity index (χ4v) is 1.49. The minimum Gasteiger partial charge on any atom is -0.303 e. The molecule has 4 heteroatoms. The van der Waals surface area contributed by atoms with Crippen LogP contribution in [0.1, 0.15) is 19.5 Å². The van der Waals surface area contributed by atoms with Gasteiger partial charge in [0, 0.05) is 24.9 Å². The van der Waals surface area contributed by atoms with E-state index in [4.69, 9.17) is 11.6 Å². The fourth-order valence-electron chi connectivity index (χ4n) is 1.32. The molecule has 0 N–H and O–H groups in total. The van der Waals surface area contributed by atoms with Gasteiger partial charge in [0.05, 0.1) is 0 Å². The first kappa shape index (κ1) is 11.4. The molecule has 0 atom stereocenters. The van der Waals surface area contributed by atoms with Crippen molar-refractivity contribution in [2.24, 2.45) is 0 Å². The van der Waals surface area contributed by atoms with Crippen LogP contribution in [0.4, 0.5) is 0 Å². The second kappa shape index (κ2) is 5.94. The van der Waals surface area contributed by atoms with Gasteiger partial charge in [0.15, 0.2) is 0 Å². The Morgan fingerprint density at radius 1 is 1.36 bits per heavy atom. The molecular formula is C10H16ClN3. The van der Waals surface area contributed by atoms with Gasteiger partial charge in [-0.1, -0.05) is 13.8 Å². The molecule has 0 radical (unpaired) electrons. The van der Waals surface area contributed by atoms with E-state index in [0.717, 1.165) is 31.7 Å². The first-order valence-electron chi connectivity index (χ1n) is 4.96. The van der Waals surface area contributed by atoms with Crippen molar-refractivity contribution in [1.82, 2.24) is 14.9 Å². The Morgan fingerprint density at radius 2 is 2.07 bits per heavy atom. The van der Waals surface area contributed by atoms with Gasteiger partial charge >= 0.3 is 0 Å². The molecule has 0 aliphatic carbocycles. The molecule has 1 aromatic heterocycles. The van der Waals surface area contributed by atoms with E-state index in [-0.39, 0.29) is 0 Å². The highest BCUT2D eigenvalue weighted by Crippen LogP contribution is 2.02. The van der Waals surface area contributed by atoms with Crippen molar-refractivity contribution in [1.29, 1.82) is 0 Å². The topological polar surface area (TPSA) is 29.0 Å². The summed E-state index contributed by atoms with van der Waals surface area (Å²) in [7, 11) is 0. The largest absolute Gasteiger partial charge is 0.303 e. The van der Waals surface area contributed by atoms with Crippen LogP contribution in [0, 0.1) is 0 Å². The number of hydrogen-bond donors (Lipinski definition) is 0. The predicted octanol–water partition coefficient (Wildman–Crippen LogP) is 2.01. The summed E-state index contributed by atoms with van der Waals surface area (Å²) in [4.78, 5) is 10.3. The highest BCUT2D eigenvalue weighted by atomic mass is 35.5. The van der Waals surface area contributed by atoms with E-state index < -0.39 is 0 Å². The Bertz CT molecular complexity index is 274. The van der Waals surface area contributed by atoms with Crippen LogP contribution in [0.3, 0.4) is 0 Å². The summed E-state index contributed by atoms with van der Waals surface area (Å²) >= 11 is 5.69. The summed E-state index contributed by atoms with van der Waals surface area (Å²) in [6.45, 7) is 7.51. The summed E-state index contributed by atoms with van der Waals surface area (Å²) in [6.07, 6.45) is 2.64. The second-order valence-electron chi connectivity index (χ2n) is 3.09. The maximum atomic E-state index is 5.69. The third kappa shape index (κ3) is 3.60. The Labute approximate surface area is 90.1 Å². The van der Waals surface area contributed by atoms with Crippen LogP contribution in [0.15, 0.2) is 12.3 Å². The number of likely N-dealkylation sites (N-methyl/N-ethyl adjacent to an activating group) is 1. The van der Waals surface area contributed by atoms with Crippen molar-refractivity contribution in [2.45, 2.75) is 20.3 Å². The average molecular weight is 214 g/mol. The highest BCUT2D eigenvalue weighted by Gasteiger charge is 2.01. The van der Waals surface area contributed by atoms with Gasteiger partial charge in [-0.05, 0) is 30.8 Å². The minimum atomic E-state index is 0.335. The van der Waals surface area contributed by atoms with Crippen molar-refractivity contribution in [3.8, 4) is 0 Å². The molecule has 0 aliphatic rings. The molecule has 1 heterocycles. The normalized spacial score (nSPS) is 10.9. The van der Waals surface area contributed by atoms with Gasteiger partial charge in [0.25, 0.3) is 0 Å². The molecule has 0 unspecified atom stereocenters. The number of rotatable bonds is 5. The van der Waals surface area contributed by atoms with Crippen molar-refractivity contribution in [3.05, 3.63) is 23.2 Å². The molecule has 0 bridgehead atoms. The molecule has 0 aliphatic heterocycles. The maximum Gasteiger partial charge on any atom is 0.222 e. The quantitative estimate of drug-likeness (QED) is 0.701. The number of halogens is 1. The van der Waals surface area contributed by atoms with E-state index in [2.05, 4.69) is 28.7 Å². The second-order valence-corrected chi connectivity index (χ2v) is 3.43. The lowest BCUT2D eigenvalue weighted by atomic mass is 10.3. The number of nitrogens with zero attached hydrogens (tertiary/aromatic N) is 3. The minimum absolute atomic E-state index is 0.335. The fraction of sp³-hybridized carbons (Fsp3) is 0.600. The summed E-state index contributed by atoms with van der Waals surface area (Å²) in [5, 5.41) is 0.335. The van der Waals surface area contributed by atoms with Gasteiger partial charge in [-0.15, -0.1) is 0 Å². The molecular weight excluding hydrogens is 198 g/mol.